The second kappa shape index (κ2) is 9.66. The van der Waals surface area contributed by atoms with Gasteiger partial charge in [-0.25, -0.2) is 19.4 Å². The third-order valence-electron chi connectivity index (χ3n) is 5.72. The molecule has 0 bridgehead atoms. The van der Waals surface area contributed by atoms with Gasteiger partial charge in [-0.15, -0.1) is 0 Å². The number of carboxylic acids is 3. The molecule has 1 aromatic carbocycles. The summed E-state index contributed by atoms with van der Waals surface area (Å²) < 4.78 is 12.6. The van der Waals surface area contributed by atoms with Gasteiger partial charge in [0, 0.05) is 12.8 Å². The number of aliphatic carboxylic acids is 2. The van der Waals surface area contributed by atoms with Crippen LogP contribution in [0.1, 0.15) is 28.6 Å². The first-order valence-corrected chi connectivity index (χ1v) is 10.8. The summed E-state index contributed by atoms with van der Waals surface area (Å²) in [6.45, 7) is -0.482. The van der Waals surface area contributed by atoms with Crippen LogP contribution in [0.5, 0.6) is 0 Å². The topological polar surface area (TPSA) is 220 Å². The van der Waals surface area contributed by atoms with E-state index in [0.717, 1.165) is 0 Å². The summed E-state index contributed by atoms with van der Waals surface area (Å²) in [6.07, 6.45) is -2.27. The van der Waals surface area contributed by atoms with Gasteiger partial charge in [0.1, 0.15) is 11.6 Å². The molecule has 1 aliphatic heterocycles. The van der Waals surface area contributed by atoms with Crippen molar-refractivity contribution >= 4 is 46.5 Å². The minimum absolute atomic E-state index is 0.0126. The lowest BCUT2D eigenvalue weighted by Crippen LogP contribution is -2.52. The van der Waals surface area contributed by atoms with Crippen molar-refractivity contribution in [3.8, 4) is 0 Å². The number of aliphatic hydroxyl groups is 1. The maximum Gasteiger partial charge on any atom is 0.348 e. The average molecular weight is 522 g/mol. The van der Waals surface area contributed by atoms with Crippen LogP contribution in [0.3, 0.4) is 0 Å². The minimum Gasteiger partial charge on any atom is -0.479 e. The molecule has 15 heteroatoms. The molecule has 0 unspecified atom stereocenters. The Balaban J connectivity index is 1.52. The molecule has 36 heavy (non-hydrogen) atoms. The standard InChI is InChI=1S/C21H20ClN5O9/c22-20-25-14(23)13-15(26-20)27(8-24-13)16-12(28)5-11(36-16)7-35-21(18(31)32,19(33)34)6-9-1-3-10(4-2-9)17(29)30/h1-4,8,11-12,16,28H,5-7H2,(H,29,30)(H,31,32)(H,33,34)(H2,23,25,26)/t11-,12+,16+/m0/s1. The predicted octanol–water partition coefficient (Wildman–Crippen LogP) is 0.576. The molecule has 190 valence electrons. The van der Waals surface area contributed by atoms with E-state index in [2.05, 4.69) is 15.0 Å². The molecular formula is C21H20ClN5O9. The number of anilines is 1. The van der Waals surface area contributed by atoms with Gasteiger partial charge < -0.3 is 35.6 Å². The zero-order valence-electron chi connectivity index (χ0n) is 18.3. The molecule has 14 nitrogen and oxygen atoms in total. The predicted molar refractivity (Wildman–Crippen MR) is 120 cm³/mol. The number of nitrogen functional groups attached to an aromatic ring is 1. The monoisotopic (exact) mass is 521 g/mol. The number of rotatable bonds is 9. The van der Waals surface area contributed by atoms with Gasteiger partial charge in [-0.1, -0.05) is 12.1 Å². The van der Waals surface area contributed by atoms with Crippen LogP contribution in [-0.2, 0) is 25.5 Å². The van der Waals surface area contributed by atoms with Crippen LogP contribution in [0.4, 0.5) is 5.82 Å². The van der Waals surface area contributed by atoms with E-state index in [1.165, 1.54) is 35.2 Å². The molecular weight excluding hydrogens is 502 g/mol. The summed E-state index contributed by atoms with van der Waals surface area (Å²) in [5, 5.41) is 39.0. The van der Waals surface area contributed by atoms with Crippen molar-refractivity contribution in [3.63, 3.8) is 0 Å². The first-order valence-electron chi connectivity index (χ1n) is 10.4. The second-order valence-electron chi connectivity index (χ2n) is 8.08. The normalized spacial score (nSPS) is 20.0. The van der Waals surface area contributed by atoms with Crippen LogP contribution < -0.4 is 5.73 Å². The van der Waals surface area contributed by atoms with E-state index in [0.29, 0.717) is 0 Å². The molecule has 0 spiro atoms. The van der Waals surface area contributed by atoms with Crippen molar-refractivity contribution in [2.24, 2.45) is 0 Å². The first-order chi connectivity index (χ1) is 17.0. The lowest BCUT2D eigenvalue weighted by Gasteiger charge is -2.27. The molecule has 0 amide bonds. The maximum absolute atomic E-state index is 12.0. The van der Waals surface area contributed by atoms with E-state index in [4.69, 9.17) is 31.9 Å². The van der Waals surface area contributed by atoms with E-state index in [-0.39, 0.29) is 39.8 Å². The maximum atomic E-state index is 12.0. The molecule has 3 heterocycles. The minimum atomic E-state index is -2.69. The summed E-state index contributed by atoms with van der Waals surface area (Å²) >= 11 is 5.87. The van der Waals surface area contributed by atoms with Crippen molar-refractivity contribution in [3.05, 3.63) is 47.0 Å². The Morgan fingerprint density at radius 1 is 1.17 bits per heavy atom. The van der Waals surface area contributed by atoms with Gasteiger partial charge in [-0.3, -0.25) is 4.57 Å². The van der Waals surface area contributed by atoms with Gasteiger partial charge in [0.15, 0.2) is 17.7 Å². The number of hydrogen-bond donors (Lipinski definition) is 5. The van der Waals surface area contributed by atoms with Gasteiger partial charge in [0.2, 0.25) is 5.28 Å². The number of imidazole rings is 1. The van der Waals surface area contributed by atoms with E-state index in [9.17, 15) is 29.7 Å². The number of aromatic carboxylic acids is 1. The quantitative estimate of drug-likeness (QED) is 0.192. The Morgan fingerprint density at radius 2 is 1.83 bits per heavy atom. The van der Waals surface area contributed by atoms with Crippen LogP contribution in [0.2, 0.25) is 5.28 Å². The van der Waals surface area contributed by atoms with Crippen LogP contribution in [0.25, 0.3) is 11.2 Å². The largest absolute Gasteiger partial charge is 0.479 e. The molecule has 1 saturated heterocycles. The lowest BCUT2D eigenvalue weighted by molar-refractivity contribution is -0.188. The highest BCUT2D eigenvalue weighted by Gasteiger charge is 2.49. The average Bonchev–Trinajstić information content (AvgIpc) is 3.39. The van der Waals surface area contributed by atoms with Crippen LogP contribution in [0, 0.1) is 0 Å². The van der Waals surface area contributed by atoms with Crippen LogP contribution >= 0.6 is 11.6 Å². The Bertz CT molecular complexity index is 1320. The Hall–Kier alpha value is -3.85. The van der Waals surface area contributed by atoms with E-state index in [1.807, 2.05) is 0 Å². The number of aliphatic hydroxyl groups excluding tert-OH is 1. The third kappa shape index (κ3) is 4.66. The number of hydrogen-bond acceptors (Lipinski definition) is 10. The molecule has 3 atom stereocenters. The van der Waals surface area contributed by atoms with Crippen LogP contribution in [0.15, 0.2) is 30.6 Å². The second-order valence-corrected chi connectivity index (χ2v) is 8.42. The fourth-order valence-corrected chi connectivity index (χ4v) is 4.06. The van der Waals surface area contributed by atoms with Crippen molar-refractivity contribution in [2.75, 3.05) is 12.3 Å². The number of halogens is 1. The Labute approximate surface area is 206 Å². The van der Waals surface area contributed by atoms with Crippen molar-refractivity contribution < 1.29 is 44.3 Å². The van der Waals surface area contributed by atoms with E-state index in [1.54, 1.807) is 0 Å². The number of benzene rings is 1. The molecule has 0 radical (unpaired) electrons. The lowest BCUT2D eigenvalue weighted by atomic mass is 9.93. The first kappa shape index (κ1) is 25.2. The summed E-state index contributed by atoms with van der Waals surface area (Å²) in [7, 11) is 0. The number of carbonyl (C=O) groups is 3. The number of nitrogens with zero attached hydrogens (tertiary/aromatic N) is 4. The van der Waals surface area contributed by atoms with Crippen molar-refractivity contribution in [1.29, 1.82) is 0 Å². The summed E-state index contributed by atoms with van der Waals surface area (Å²) in [4.78, 5) is 47.1. The smallest absolute Gasteiger partial charge is 0.348 e. The number of fused-ring (bicyclic) bond motifs is 1. The van der Waals surface area contributed by atoms with Crippen LogP contribution in [-0.4, -0.2) is 82.3 Å². The highest BCUT2D eigenvalue weighted by Crippen LogP contribution is 2.33. The fraction of sp³-hybridized carbons (Fsp3) is 0.333. The molecule has 0 saturated carbocycles. The summed E-state index contributed by atoms with van der Waals surface area (Å²) in [5.41, 5.74) is 3.73. The summed E-state index contributed by atoms with van der Waals surface area (Å²) in [5.74, 6) is -4.67. The van der Waals surface area contributed by atoms with E-state index < -0.39 is 55.0 Å². The Morgan fingerprint density at radius 3 is 2.44 bits per heavy atom. The van der Waals surface area contributed by atoms with E-state index >= 15 is 0 Å². The molecule has 4 rings (SSSR count). The number of nitrogens with two attached hydrogens (primary N) is 1. The zero-order chi connectivity index (χ0) is 26.2. The molecule has 1 fully saturated rings. The third-order valence-corrected chi connectivity index (χ3v) is 5.89. The SMILES string of the molecule is Nc1nc(Cl)nc2c1ncn2[C@@H]1O[C@H](COC(Cc2ccc(C(=O)O)cc2)(C(=O)O)C(=O)O)C[C@H]1O. The number of ether oxygens (including phenoxy) is 2. The highest BCUT2D eigenvalue weighted by molar-refractivity contribution is 6.28. The Kier molecular flexibility index (Phi) is 6.77. The van der Waals surface area contributed by atoms with Gasteiger partial charge in [-0.2, -0.15) is 9.97 Å². The summed E-state index contributed by atoms with van der Waals surface area (Å²) in [6, 6.07) is 5.07. The van der Waals surface area contributed by atoms with Crippen molar-refractivity contribution in [2.45, 2.75) is 36.9 Å². The van der Waals surface area contributed by atoms with Gasteiger partial charge in [0.05, 0.1) is 24.6 Å². The molecule has 0 aliphatic carbocycles. The van der Waals surface area contributed by atoms with Gasteiger partial charge in [0.25, 0.3) is 5.60 Å². The molecule has 2 aromatic heterocycles. The van der Waals surface area contributed by atoms with Crippen molar-refractivity contribution in [1.82, 2.24) is 19.5 Å². The van der Waals surface area contributed by atoms with Gasteiger partial charge >= 0.3 is 17.9 Å². The fourth-order valence-electron chi connectivity index (χ4n) is 3.89. The number of aromatic nitrogens is 4. The zero-order valence-corrected chi connectivity index (χ0v) is 19.1. The van der Waals surface area contributed by atoms with Gasteiger partial charge in [-0.05, 0) is 29.3 Å². The molecule has 6 N–H and O–H groups in total. The number of carboxylic acid groups (broad SMARTS) is 3. The highest BCUT2D eigenvalue weighted by atomic mass is 35.5. The molecule has 1 aliphatic rings. The molecule has 3 aromatic rings.